The predicted molar refractivity (Wildman–Crippen MR) is 35.6 cm³/mol. The molecule has 1 heterocycles. The fraction of sp³-hybridized carbons (Fsp3) is 0.200. The molecule has 5 heteroatoms. The van der Waals surface area contributed by atoms with E-state index < -0.39 is 5.82 Å². The molecule has 0 saturated carbocycles. The van der Waals surface area contributed by atoms with Crippen molar-refractivity contribution in [3.63, 3.8) is 0 Å². The summed E-state index contributed by atoms with van der Waals surface area (Å²) < 4.78 is 12.5. The molecule has 0 atom stereocenters. The number of nitrogen functional groups attached to an aromatic ring is 2. The van der Waals surface area contributed by atoms with E-state index in [1.54, 1.807) is 6.92 Å². The maximum absolute atomic E-state index is 12.5. The SMILES string of the molecule is Cc1nc(N)c(F)c(N)n1. The highest BCUT2D eigenvalue weighted by Crippen LogP contribution is 2.11. The Morgan fingerprint density at radius 3 is 2.00 bits per heavy atom. The van der Waals surface area contributed by atoms with Gasteiger partial charge in [-0.2, -0.15) is 4.39 Å². The van der Waals surface area contributed by atoms with Crippen LogP contribution in [0, 0.1) is 12.7 Å². The summed E-state index contributed by atoms with van der Waals surface area (Å²) in [5.74, 6) is -0.781. The molecule has 0 spiro atoms. The third kappa shape index (κ3) is 0.975. The van der Waals surface area contributed by atoms with Crippen molar-refractivity contribution in [3.05, 3.63) is 11.6 Å². The Balaban J connectivity index is 3.31. The molecule has 0 aliphatic heterocycles. The first kappa shape index (κ1) is 6.73. The number of rotatable bonds is 0. The summed E-state index contributed by atoms with van der Waals surface area (Å²) in [5, 5.41) is 0. The summed E-state index contributed by atoms with van der Waals surface area (Å²) in [6, 6.07) is 0. The molecule has 0 aromatic carbocycles. The maximum atomic E-state index is 12.5. The first-order valence-electron chi connectivity index (χ1n) is 2.66. The molecular weight excluding hydrogens is 135 g/mol. The molecule has 54 valence electrons. The van der Waals surface area contributed by atoms with E-state index >= 15 is 0 Å². The summed E-state index contributed by atoms with van der Waals surface area (Å²) in [4.78, 5) is 7.09. The fourth-order valence-corrected chi connectivity index (χ4v) is 0.603. The highest BCUT2D eigenvalue weighted by Gasteiger charge is 2.05. The third-order valence-electron chi connectivity index (χ3n) is 1.01. The normalized spacial score (nSPS) is 9.80. The van der Waals surface area contributed by atoms with Crippen LogP contribution in [0.2, 0.25) is 0 Å². The molecule has 0 aliphatic carbocycles. The van der Waals surface area contributed by atoms with Crippen LogP contribution in [0.4, 0.5) is 16.0 Å². The monoisotopic (exact) mass is 142 g/mol. The maximum Gasteiger partial charge on any atom is 0.207 e. The average molecular weight is 142 g/mol. The van der Waals surface area contributed by atoms with Gasteiger partial charge in [-0.25, -0.2) is 9.97 Å². The topological polar surface area (TPSA) is 77.8 Å². The second kappa shape index (κ2) is 2.09. The Hall–Kier alpha value is -1.39. The lowest BCUT2D eigenvalue weighted by Crippen LogP contribution is -2.04. The van der Waals surface area contributed by atoms with Crippen molar-refractivity contribution in [3.8, 4) is 0 Å². The molecule has 1 aromatic heterocycles. The summed E-state index contributed by atoms with van der Waals surface area (Å²) in [6.07, 6.45) is 0. The number of nitrogens with zero attached hydrogens (tertiary/aromatic N) is 2. The number of halogens is 1. The van der Waals surface area contributed by atoms with Crippen molar-refractivity contribution in [2.45, 2.75) is 6.92 Å². The largest absolute Gasteiger partial charge is 0.381 e. The molecule has 4 nitrogen and oxygen atoms in total. The van der Waals surface area contributed by atoms with Gasteiger partial charge in [0.25, 0.3) is 0 Å². The lowest BCUT2D eigenvalue weighted by atomic mass is 10.5. The Morgan fingerprint density at radius 2 is 1.60 bits per heavy atom. The minimum absolute atomic E-state index is 0.204. The van der Waals surface area contributed by atoms with Crippen LogP contribution in [0.25, 0.3) is 0 Å². The first-order valence-corrected chi connectivity index (χ1v) is 2.66. The Kier molecular flexibility index (Phi) is 1.41. The van der Waals surface area contributed by atoms with Gasteiger partial charge in [-0.15, -0.1) is 0 Å². The summed E-state index contributed by atoms with van der Waals surface area (Å²) in [7, 11) is 0. The quantitative estimate of drug-likeness (QED) is 0.538. The number of aryl methyl sites for hydroxylation is 1. The Morgan fingerprint density at radius 1 is 1.20 bits per heavy atom. The van der Waals surface area contributed by atoms with Gasteiger partial charge >= 0.3 is 0 Å². The van der Waals surface area contributed by atoms with Crippen LogP contribution in [-0.2, 0) is 0 Å². The molecule has 0 saturated heterocycles. The molecule has 0 amide bonds. The molecule has 10 heavy (non-hydrogen) atoms. The van der Waals surface area contributed by atoms with Crippen LogP contribution in [0.5, 0.6) is 0 Å². The lowest BCUT2D eigenvalue weighted by molar-refractivity contribution is 0.623. The second-order valence-corrected chi connectivity index (χ2v) is 1.86. The number of aromatic nitrogens is 2. The van der Waals surface area contributed by atoms with E-state index in [0.717, 1.165) is 0 Å². The van der Waals surface area contributed by atoms with Crippen molar-refractivity contribution in [1.29, 1.82) is 0 Å². The number of hydrogen-bond donors (Lipinski definition) is 2. The van der Waals surface area contributed by atoms with Gasteiger partial charge in [-0.3, -0.25) is 0 Å². The van der Waals surface area contributed by atoms with E-state index in [2.05, 4.69) is 9.97 Å². The van der Waals surface area contributed by atoms with E-state index in [0.29, 0.717) is 5.82 Å². The van der Waals surface area contributed by atoms with Crippen LogP contribution in [0.15, 0.2) is 0 Å². The number of anilines is 2. The van der Waals surface area contributed by atoms with E-state index in [4.69, 9.17) is 11.5 Å². The summed E-state index contributed by atoms with van der Waals surface area (Å²) in [5.41, 5.74) is 10.2. The molecule has 1 rings (SSSR count). The van der Waals surface area contributed by atoms with Crippen molar-refractivity contribution >= 4 is 11.6 Å². The van der Waals surface area contributed by atoms with Crippen LogP contribution in [0.1, 0.15) is 5.82 Å². The molecule has 0 radical (unpaired) electrons. The molecule has 0 aliphatic rings. The molecule has 1 aromatic rings. The summed E-state index contributed by atoms with van der Waals surface area (Å²) >= 11 is 0. The number of nitrogens with two attached hydrogens (primary N) is 2. The van der Waals surface area contributed by atoms with Gasteiger partial charge in [-0.1, -0.05) is 0 Å². The van der Waals surface area contributed by atoms with Crippen molar-refractivity contribution in [1.82, 2.24) is 9.97 Å². The van der Waals surface area contributed by atoms with Gasteiger partial charge in [0.2, 0.25) is 5.82 Å². The van der Waals surface area contributed by atoms with E-state index in [-0.39, 0.29) is 11.6 Å². The molecule has 4 N–H and O–H groups in total. The highest BCUT2D eigenvalue weighted by molar-refractivity contribution is 5.43. The number of hydrogen-bond acceptors (Lipinski definition) is 4. The van der Waals surface area contributed by atoms with Crippen molar-refractivity contribution in [2.24, 2.45) is 0 Å². The zero-order valence-electron chi connectivity index (χ0n) is 5.43. The average Bonchev–Trinajstić information content (AvgIpc) is 1.82. The van der Waals surface area contributed by atoms with Gasteiger partial charge in [0.05, 0.1) is 0 Å². The van der Waals surface area contributed by atoms with Crippen LogP contribution < -0.4 is 11.5 Å². The van der Waals surface area contributed by atoms with Crippen molar-refractivity contribution < 1.29 is 4.39 Å². The Labute approximate surface area is 57.1 Å². The van der Waals surface area contributed by atoms with E-state index in [1.807, 2.05) is 0 Å². The first-order chi connectivity index (χ1) is 4.61. The Bertz CT molecular complexity index is 237. The summed E-state index contributed by atoms with van der Waals surface area (Å²) in [6.45, 7) is 1.59. The predicted octanol–water partition coefficient (Wildman–Crippen LogP) is 0.0885. The van der Waals surface area contributed by atoms with Gasteiger partial charge in [0, 0.05) is 0 Å². The fourth-order valence-electron chi connectivity index (χ4n) is 0.603. The van der Waals surface area contributed by atoms with Gasteiger partial charge in [-0.05, 0) is 6.92 Å². The van der Waals surface area contributed by atoms with Gasteiger partial charge < -0.3 is 11.5 Å². The lowest BCUT2D eigenvalue weighted by Gasteiger charge is -1.98. The van der Waals surface area contributed by atoms with E-state index in [9.17, 15) is 4.39 Å². The van der Waals surface area contributed by atoms with Crippen molar-refractivity contribution in [2.75, 3.05) is 11.5 Å². The zero-order chi connectivity index (χ0) is 7.72. The standard InChI is InChI=1S/C5H7FN4/c1-2-9-4(7)3(6)5(8)10-2/h1H3,(H4,7,8,9,10). The zero-order valence-corrected chi connectivity index (χ0v) is 5.43. The minimum atomic E-state index is -0.745. The second-order valence-electron chi connectivity index (χ2n) is 1.86. The third-order valence-corrected chi connectivity index (χ3v) is 1.01. The van der Waals surface area contributed by atoms with Crippen LogP contribution in [0.3, 0.4) is 0 Å². The van der Waals surface area contributed by atoms with Gasteiger partial charge in [0.15, 0.2) is 11.6 Å². The van der Waals surface area contributed by atoms with E-state index in [1.165, 1.54) is 0 Å². The highest BCUT2D eigenvalue weighted by atomic mass is 19.1. The molecule has 0 fully saturated rings. The molecule has 0 bridgehead atoms. The molecular formula is C5H7FN4. The van der Waals surface area contributed by atoms with Crippen LogP contribution >= 0.6 is 0 Å². The minimum Gasteiger partial charge on any atom is -0.381 e. The smallest absolute Gasteiger partial charge is 0.207 e. The van der Waals surface area contributed by atoms with Crippen LogP contribution in [-0.4, -0.2) is 9.97 Å². The molecule has 0 unspecified atom stereocenters. The van der Waals surface area contributed by atoms with Gasteiger partial charge in [0.1, 0.15) is 5.82 Å².